The zero-order valence-electron chi connectivity index (χ0n) is 15.5. The second kappa shape index (κ2) is 6.45. The highest BCUT2D eigenvalue weighted by molar-refractivity contribution is 7.08. The van der Waals surface area contributed by atoms with E-state index in [2.05, 4.69) is 14.3 Å². The first kappa shape index (κ1) is 17.9. The molecule has 0 aromatic carbocycles. The van der Waals surface area contributed by atoms with Gasteiger partial charge >= 0.3 is 5.97 Å². The van der Waals surface area contributed by atoms with E-state index in [0.29, 0.717) is 22.2 Å². The Balaban J connectivity index is 1.70. The summed E-state index contributed by atoms with van der Waals surface area (Å²) in [5.41, 5.74) is -0.00715. The van der Waals surface area contributed by atoms with Gasteiger partial charge in [0.15, 0.2) is 11.4 Å². The lowest BCUT2D eigenvalue weighted by molar-refractivity contribution is -0.122. The quantitative estimate of drug-likeness (QED) is 0.675. The Kier molecular flexibility index (Phi) is 3.98. The SMILES string of the molecule is Cc1cc(N2CCC2C(=O)C2CC2)nc2c1c(=O)c(C(=O)O)cn2-c1ncns1. The molecule has 1 aliphatic carbocycles. The molecule has 0 bridgehead atoms. The van der Waals surface area contributed by atoms with Crippen LogP contribution in [0.3, 0.4) is 0 Å². The third kappa shape index (κ3) is 2.82. The molecule has 1 aliphatic heterocycles. The Morgan fingerprint density at radius 3 is 2.66 bits per heavy atom. The molecule has 1 saturated heterocycles. The van der Waals surface area contributed by atoms with Gasteiger partial charge in [0, 0.05) is 30.2 Å². The van der Waals surface area contributed by atoms with Crippen molar-refractivity contribution in [3.8, 4) is 5.13 Å². The first-order valence-electron chi connectivity index (χ1n) is 9.33. The van der Waals surface area contributed by atoms with E-state index < -0.39 is 11.4 Å². The lowest BCUT2D eigenvalue weighted by Crippen LogP contribution is -2.53. The van der Waals surface area contributed by atoms with Gasteiger partial charge in [-0.25, -0.2) is 14.8 Å². The number of carbonyl (C=O) groups is 2. The van der Waals surface area contributed by atoms with Crippen LogP contribution in [-0.2, 0) is 4.79 Å². The number of carbonyl (C=O) groups excluding carboxylic acids is 1. The molecule has 5 rings (SSSR count). The Hall–Kier alpha value is -3.14. The van der Waals surface area contributed by atoms with Gasteiger partial charge in [0.1, 0.15) is 17.7 Å². The normalized spacial score (nSPS) is 18.7. The number of ketones is 1. The fourth-order valence-corrected chi connectivity index (χ4v) is 4.30. The zero-order chi connectivity index (χ0) is 20.3. The van der Waals surface area contributed by atoms with Crippen LogP contribution in [0.25, 0.3) is 16.2 Å². The second-order valence-corrected chi connectivity index (χ2v) is 8.20. The number of aromatic nitrogens is 4. The van der Waals surface area contributed by atoms with Crippen molar-refractivity contribution in [2.45, 2.75) is 32.2 Å². The van der Waals surface area contributed by atoms with Crippen LogP contribution in [0.15, 0.2) is 23.4 Å². The predicted octanol–water partition coefficient (Wildman–Crippen LogP) is 1.80. The minimum atomic E-state index is -1.31. The van der Waals surface area contributed by atoms with Crippen molar-refractivity contribution in [1.29, 1.82) is 0 Å². The molecule has 148 valence electrons. The smallest absolute Gasteiger partial charge is 0.341 e. The largest absolute Gasteiger partial charge is 0.477 e. The number of aromatic carboxylic acids is 1. The fraction of sp³-hybridized carbons (Fsp3) is 0.368. The lowest BCUT2D eigenvalue weighted by Gasteiger charge is -2.41. The first-order valence-corrected chi connectivity index (χ1v) is 10.1. The summed E-state index contributed by atoms with van der Waals surface area (Å²) in [5.74, 6) is -0.266. The van der Waals surface area contributed by atoms with E-state index in [9.17, 15) is 19.5 Å². The van der Waals surface area contributed by atoms with Crippen LogP contribution in [0.1, 0.15) is 35.2 Å². The summed E-state index contributed by atoms with van der Waals surface area (Å²) in [6.07, 6.45) is 5.33. The van der Waals surface area contributed by atoms with Gasteiger partial charge in [-0.05, 0) is 37.8 Å². The summed E-state index contributed by atoms with van der Waals surface area (Å²) in [4.78, 5) is 47.7. The van der Waals surface area contributed by atoms with Crippen LogP contribution >= 0.6 is 11.5 Å². The monoisotopic (exact) mass is 411 g/mol. The van der Waals surface area contributed by atoms with Crippen LogP contribution in [0.2, 0.25) is 0 Å². The van der Waals surface area contributed by atoms with E-state index in [4.69, 9.17) is 0 Å². The maximum atomic E-state index is 12.8. The molecule has 0 spiro atoms. The molecule has 9 nitrogen and oxygen atoms in total. The van der Waals surface area contributed by atoms with E-state index in [0.717, 1.165) is 37.3 Å². The average Bonchev–Trinajstić information content (AvgIpc) is 3.36. The maximum Gasteiger partial charge on any atom is 0.341 e. The van der Waals surface area contributed by atoms with Gasteiger partial charge < -0.3 is 10.0 Å². The average molecular weight is 411 g/mol. The number of anilines is 1. The van der Waals surface area contributed by atoms with Crippen LogP contribution in [-0.4, -0.2) is 48.4 Å². The highest BCUT2D eigenvalue weighted by atomic mass is 32.1. The van der Waals surface area contributed by atoms with E-state index in [-0.39, 0.29) is 28.7 Å². The third-order valence-electron chi connectivity index (χ3n) is 5.55. The number of aryl methyl sites for hydroxylation is 1. The maximum absolute atomic E-state index is 12.8. The number of fused-ring (bicyclic) bond motifs is 1. The molecule has 4 heterocycles. The Bertz CT molecular complexity index is 1220. The molecular weight excluding hydrogens is 394 g/mol. The van der Waals surface area contributed by atoms with E-state index in [1.165, 1.54) is 17.1 Å². The van der Waals surface area contributed by atoms with Crippen molar-refractivity contribution < 1.29 is 14.7 Å². The summed E-state index contributed by atoms with van der Waals surface area (Å²) in [7, 11) is 0. The number of hydrogen-bond acceptors (Lipinski definition) is 8. The van der Waals surface area contributed by atoms with Crippen LogP contribution in [0.4, 0.5) is 5.82 Å². The highest BCUT2D eigenvalue weighted by Crippen LogP contribution is 2.37. The van der Waals surface area contributed by atoms with Crippen molar-refractivity contribution in [3.63, 3.8) is 0 Å². The van der Waals surface area contributed by atoms with Gasteiger partial charge in [-0.3, -0.25) is 14.2 Å². The molecular formula is C19H17N5O4S. The lowest BCUT2D eigenvalue weighted by atomic mass is 9.95. The number of hydrogen-bond donors (Lipinski definition) is 1. The molecule has 0 radical (unpaired) electrons. The minimum Gasteiger partial charge on any atom is -0.477 e. The Morgan fingerprint density at radius 2 is 2.07 bits per heavy atom. The molecule has 0 amide bonds. The molecule has 10 heteroatoms. The van der Waals surface area contributed by atoms with E-state index in [1.54, 1.807) is 13.0 Å². The van der Waals surface area contributed by atoms with Crippen LogP contribution in [0.5, 0.6) is 0 Å². The third-order valence-corrected chi connectivity index (χ3v) is 6.22. The number of rotatable bonds is 5. The van der Waals surface area contributed by atoms with Gasteiger partial charge in [-0.15, -0.1) is 0 Å². The number of Topliss-reactive ketones (excluding diaryl/α,β-unsaturated/α-hetero) is 1. The molecule has 2 fully saturated rings. The summed E-state index contributed by atoms with van der Waals surface area (Å²) < 4.78 is 5.46. The second-order valence-electron chi connectivity index (χ2n) is 7.44. The van der Waals surface area contributed by atoms with Crippen LogP contribution < -0.4 is 10.3 Å². The summed E-state index contributed by atoms with van der Waals surface area (Å²) in [6, 6.07) is 1.58. The summed E-state index contributed by atoms with van der Waals surface area (Å²) >= 11 is 1.07. The van der Waals surface area contributed by atoms with Crippen LogP contribution in [0, 0.1) is 12.8 Å². The predicted molar refractivity (Wildman–Crippen MR) is 106 cm³/mol. The van der Waals surface area contributed by atoms with Crippen molar-refractivity contribution in [2.24, 2.45) is 5.92 Å². The fourth-order valence-electron chi connectivity index (χ4n) is 3.79. The Labute approximate surface area is 168 Å². The van der Waals surface area contributed by atoms with Gasteiger partial charge in [0.05, 0.1) is 11.4 Å². The van der Waals surface area contributed by atoms with Gasteiger partial charge in [0.2, 0.25) is 10.6 Å². The molecule has 1 atom stereocenters. The van der Waals surface area contributed by atoms with Crippen molar-refractivity contribution in [1.82, 2.24) is 18.9 Å². The summed E-state index contributed by atoms with van der Waals surface area (Å²) in [5, 5.41) is 10.1. The number of carboxylic acid groups (broad SMARTS) is 1. The van der Waals surface area contributed by atoms with E-state index >= 15 is 0 Å². The molecule has 29 heavy (non-hydrogen) atoms. The highest BCUT2D eigenvalue weighted by Gasteiger charge is 2.42. The van der Waals surface area contributed by atoms with Gasteiger partial charge in [-0.2, -0.15) is 4.37 Å². The molecule has 3 aromatic heterocycles. The van der Waals surface area contributed by atoms with Crippen molar-refractivity contribution >= 4 is 40.1 Å². The number of nitrogens with zero attached hydrogens (tertiary/aromatic N) is 5. The minimum absolute atomic E-state index is 0.169. The molecule has 1 saturated carbocycles. The van der Waals surface area contributed by atoms with Crippen molar-refractivity contribution in [3.05, 3.63) is 39.9 Å². The molecule has 1 unspecified atom stereocenters. The molecule has 1 N–H and O–H groups in total. The topological polar surface area (TPSA) is 118 Å². The number of pyridine rings is 2. The van der Waals surface area contributed by atoms with Crippen molar-refractivity contribution in [2.75, 3.05) is 11.4 Å². The zero-order valence-corrected chi connectivity index (χ0v) is 16.3. The Morgan fingerprint density at radius 1 is 1.28 bits per heavy atom. The first-order chi connectivity index (χ1) is 14.0. The van der Waals surface area contributed by atoms with Gasteiger partial charge in [0.25, 0.3) is 0 Å². The summed E-state index contributed by atoms with van der Waals surface area (Å²) in [6.45, 7) is 2.47. The van der Waals surface area contributed by atoms with E-state index in [1.807, 2.05) is 4.90 Å². The number of carboxylic acids is 1. The van der Waals surface area contributed by atoms with Gasteiger partial charge in [-0.1, -0.05) is 0 Å². The molecule has 3 aromatic rings. The standard InChI is InChI=1S/C19H17N5O4S/c1-9-6-13(23-5-4-12(23)15(25)10-2-3-10)22-17-14(9)16(26)11(18(27)28)7-24(17)19-20-8-21-29-19/h6-8,10,12H,2-5H2,1H3,(H,27,28). The molecule has 2 aliphatic rings.